The van der Waals surface area contributed by atoms with Crippen LogP contribution in [0.15, 0.2) is 12.1 Å². The minimum absolute atomic E-state index is 0.154. The van der Waals surface area contributed by atoms with E-state index in [1.807, 2.05) is 0 Å². The summed E-state index contributed by atoms with van der Waals surface area (Å²) in [6.07, 6.45) is -4.03. The Kier molecular flexibility index (Phi) is 4.67. The standard InChI is InChI=1S/C11H13F3N2O4S/c12-11(13,14)7-20-10-2-1-8(15-16-10)6-21(17,18)9-3-4-19-5-9/h1-2,9H,3-7H2. The van der Waals surface area contributed by atoms with E-state index >= 15 is 0 Å². The Morgan fingerprint density at radius 1 is 1.33 bits per heavy atom. The van der Waals surface area contributed by atoms with E-state index in [1.54, 1.807) is 0 Å². The van der Waals surface area contributed by atoms with Gasteiger partial charge < -0.3 is 9.47 Å². The van der Waals surface area contributed by atoms with Crippen molar-refractivity contribution in [3.8, 4) is 5.88 Å². The second-order valence-corrected chi connectivity index (χ2v) is 6.84. The van der Waals surface area contributed by atoms with Crippen LogP contribution in [0, 0.1) is 0 Å². The molecule has 0 aliphatic carbocycles. The minimum Gasteiger partial charge on any atom is -0.467 e. The van der Waals surface area contributed by atoms with Crippen LogP contribution in [0.1, 0.15) is 12.1 Å². The fraction of sp³-hybridized carbons (Fsp3) is 0.636. The van der Waals surface area contributed by atoms with Gasteiger partial charge in [0.15, 0.2) is 16.4 Å². The van der Waals surface area contributed by atoms with Gasteiger partial charge >= 0.3 is 6.18 Å². The zero-order chi connectivity index (χ0) is 15.5. The third-order valence-corrected chi connectivity index (χ3v) is 4.91. The van der Waals surface area contributed by atoms with E-state index in [4.69, 9.17) is 4.74 Å². The Balaban J connectivity index is 1.96. The van der Waals surface area contributed by atoms with Gasteiger partial charge in [0.1, 0.15) is 0 Å². The molecule has 0 amide bonds. The second kappa shape index (κ2) is 6.14. The minimum atomic E-state index is -4.47. The number of halogens is 3. The number of ether oxygens (including phenoxy) is 2. The summed E-state index contributed by atoms with van der Waals surface area (Å²) in [5.74, 6) is -0.634. The molecule has 1 saturated heterocycles. The Bertz CT molecular complexity index is 568. The van der Waals surface area contributed by atoms with Crippen molar-refractivity contribution in [2.24, 2.45) is 0 Å². The molecular formula is C11H13F3N2O4S. The maximum absolute atomic E-state index is 12.0. The molecule has 1 unspecified atom stereocenters. The lowest BCUT2D eigenvalue weighted by Crippen LogP contribution is -2.23. The summed E-state index contributed by atoms with van der Waals surface area (Å²) in [5.41, 5.74) is 0.154. The molecular weight excluding hydrogens is 313 g/mol. The van der Waals surface area contributed by atoms with Gasteiger partial charge in [0.2, 0.25) is 5.88 Å². The Hall–Kier alpha value is -1.42. The largest absolute Gasteiger partial charge is 0.467 e. The molecule has 118 valence electrons. The molecule has 1 aliphatic heterocycles. The quantitative estimate of drug-likeness (QED) is 0.807. The van der Waals surface area contributed by atoms with Gasteiger partial charge in [-0.05, 0) is 12.5 Å². The third kappa shape index (κ3) is 4.81. The maximum atomic E-state index is 12.0. The highest BCUT2D eigenvalue weighted by Crippen LogP contribution is 2.19. The number of sulfone groups is 1. The lowest BCUT2D eigenvalue weighted by Gasteiger charge is -2.10. The normalized spacial score (nSPS) is 19.7. The fourth-order valence-electron chi connectivity index (χ4n) is 1.78. The SMILES string of the molecule is O=S(=O)(Cc1ccc(OCC(F)(F)F)nn1)C1CCOC1. The predicted molar refractivity (Wildman–Crippen MR) is 65.4 cm³/mol. The van der Waals surface area contributed by atoms with Crippen LogP contribution in [0.25, 0.3) is 0 Å². The number of hydrogen-bond donors (Lipinski definition) is 0. The number of alkyl halides is 3. The van der Waals surface area contributed by atoms with Crippen LogP contribution in [-0.2, 0) is 20.3 Å². The predicted octanol–water partition coefficient (Wildman–Crippen LogP) is 1.12. The van der Waals surface area contributed by atoms with Crippen LogP contribution >= 0.6 is 0 Å². The van der Waals surface area contributed by atoms with E-state index in [0.717, 1.165) is 6.07 Å². The molecule has 10 heteroatoms. The van der Waals surface area contributed by atoms with E-state index in [2.05, 4.69) is 14.9 Å². The average molecular weight is 326 g/mol. The zero-order valence-electron chi connectivity index (χ0n) is 10.8. The molecule has 0 radical (unpaired) electrons. The summed E-state index contributed by atoms with van der Waals surface area (Å²) < 4.78 is 69.3. The third-order valence-electron chi connectivity index (χ3n) is 2.82. The Labute approximate surface area is 119 Å². The van der Waals surface area contributed by atoms with Crippen molar-refractivity contribution in [2.75, 3.05) is 19.8 Å². The summed E-state index contributed by atoms with van der Waals surface area (Å²) in [6.45, 7) is -0.916. The van der Waals surface area contributed by atoms with Crippen LogP contribution in [0.5, 0.6) is 5.88 Å². The highest BCUT2D eigenvalue weighted by Gasteiger charge is 2.30. The number of hydrogen-bond acceptors (Lipinski definition) is 6. The lowest BCUT2D eigenvalue weighted by atomic mass is 10.4. The molecule has 1 atom stereocenters. The monoisotopic (exact) mass is 326 g/mol. The van der Waals surface area contributed by atoms with Crippen LogP contribution < -0.4 is 4.74 Å². The number of aromatic nitrogens is 2. The molecule has 1 aromatic heterocycles. The van der Waals surface area contributed by atoms with Crippen LogP contribution in [-0.4, -0.2) is 49.9 Å². The van der Waals surface area contributed by atoms with Crippen LogP contribution in [0.2, 0.25) is 0 Å². The van der Waals surface area contributed by atoms with Gasteiger partial charge in [-0.2, -0.15) is 18.3 Å². The molecule has 1 fully saturated rings. The molecule has 2 heterocycles. The van der Waals surface area contributed by atoms with Gasteiger partial charge in [0.05, 0.1) is 23.3 Å². The summed E-state index contributed by atoms with van der Waals surface area (Å²) in [7, 11) is -3.41. The van der Waals surface area contributed by atoms with Crippen molar-refractivity contribution in [3.63, 3.8) is 0 Å². The van der Waals surface area contributed by atoms with Crippen molar-refractivity contribution in [1.29, 1.82) is 0 Å². The number of rotatable bonds is 5. The number of nitrogens with zero attached hydrogens (tertiary/aromatic N) is 2. The first-order chi connectivity index (χ1) is 9.76. The van der Waals surface area contributed by atoms with Crippen molar-refractivity contribution in [3.05, 3.63) is 17.8 Å². The highest BCUT2D eigenvalue weighted by molar-refractivity contribution is 7.91. The summed E-state index contributed by atoms with van der Waals surface area (Å²) in [4.78, 5) is 0. The molecule has 0 bridgehead atoms. The molecule has 1 aliphatic rings. The van der Waals surface area contributed by atoms with E-state index in [0.29, 0.717) is 13.0 Å². The average Bonchev–Trinajstić information content (AvgIpc) is 2.91. The molecule has 6 nitrogen and oxygen atoms in total. The first kappa shape index (κ1) is 16.0. The maximum Gasteiger partial charge on any atom is 0.422 e. The molecule has 0 N–H and O–H groups in total. The van der Waals surface area contributed by atoms with Crippen molar-refractivity contribution in [2.45, 2.75) is 23.6 Å². The Morgan fingerprint density at radius 3 is 2.62 bits per heavy atom. The van der Waals surface area contributed by atoms with Gasteiger partial charge in [-0.15, -0.1) is 5.10 Å². The molecule has 0 saturated carbocycles. The van der Waals surface area contributed by atoms with Crippen molar-refractivity contribution >= 4 is 9.84 Å². The molecule has 21 heavy (non-hydrogen) atoms. The van der Waals surface area contributed by atoms with Gasteiger partial charge in [-0.1, -0.05) is 0 Å². The summed E-state index contributed by atoms with van der Waals surface area (Å²) in [5, 5.41) is 6.43. The molecule has 2 rings (SSSR count). The smallest absolute Gasteiger partial charge is 0.422 e. The van der Waals surface area contributed by atoms with E-state index in [1.165, 1.54) is 6.07 Å². The van der Waals surface area contributed by atoms with E-state index < -0.39 is 27.9 Å². The van der Waals surface area contributed by atoms with E-state index in [-0.39, 0.29) is 23.9 Å². The first-order valence-corrected chi connectivity index (χ1v) is 7.79. The Morgan fingerprint density at radius 2 is 2.10 bits per heavy atom. The summed E-state index contributed by atoms with van der Waals surface area (Å²) >= 11 is 0. The highest BCUT2D eigenvalue weighted by atomic mass is 32.2. The van der Waals surface area contributed by atoms with Gasteiger partial charge in [0.25, 0.3) is 0 Å². The molecule has 0 spiro atoms. The topological polar surface area (TPSA) is 78.4 Å². The van der Waals surface area contributed by atoms with Crippen LogP contribution in [0.3, 0.4) is 0 Å². The molecule has 1 aromatic rings. The zero-order valence-corrected chi connectivity index (χ0v) is 11.7. The first-order valence-electron chi connectivity index (χ1n) is 6.08. The van der Waals surface area contributed by atoms with Crippen LogP contribution in [0.4, 0.5) is 13.2 Å². The van der Waals surface area contributed by atoms with Crippen molar-refractivity contribution < 1.29 is 31.1 Å². The van der Waals surface area contributed by atoms with Crippen molar-refractivity contribution in [1.82, 2.24) is 10.2 Å². The fourth-order valence-corrected chi connectivity index (χ4v) is 3.34. The van der Waals surface area contributed by atoms with E-state index in [9.17, 15) is 21.6 Å². The van der Waals surface area contributed by atoms with Gasteiger partial charge in [-0.3, -0.25) is 0 Å². The lowest BCUT2D eigenvalue weighted by molar-refractivity contribution is -0.154. The second-order valence-electron chi connectivity index (χ2n) is 4.56. The van der Waals surface area contributed by atoms with Gasteiger partial charge in [0, 0.05) is 12.7 Å². The van der Waals surface area contributed by atoms with Gasteiger partial charge in [-0.25, -0.2) is 8.42 Å². The molecule has 0 aromatic carbocycles. The summed E-state index contributed by atoms with van der Waals surface area (Å²) in [6, 6.07) is 2.45.